The zero-order valence-electron chi connectivity index (χ0n) is 12.6. The van der Waals surface area contributed by atoms with Crippen LogP contribution in [0, 0.1) is 24.0 Å². The van der Waals surface area contributed by atoms with E-state index in [4.69, 9.17) is 0 Å². The van der Waals surface area contributed by atoms with Crippen molar-refractivity contribution in [2.45, 2.75) is 18.7 Å². The number of carbonyl (C=O) groups excluding carboxylic acids is 1. The quantitative estimate of drug-likeness (QED) is 0.355. The Morgan fingerprint density at radius 1 is 1.14 bits per heavy atom. The van der Waals surface area contributed by atoms with E-state index in [1.807, 2.05) is 38.1 Å². The number of benzene rings is 2. The van der Waals surface area contributed by atoms with Crippen molar-refractivity contribution in [1.29, 1.82) is 0 Å². The van der Waals surface area contributed by atoms with Crippen LogP contribution in [0.3, 0.4) is 0 Å². The molecule has 5 heteroatoms. The van der Waals surface area contributed by atoms with Crippen molar-refractivity contribution in [3.05, 3.63) is 75.3 Å². The van der Waals surface area contributed by atoms with Crippen LogP contribution in [0.25, 0.3) is 0 Å². The van der Waals surface area contributed by atoms with Crippen molar-refractivity contribution in [2.75, 3.05) is 11.6 Å². The van der Waals surface area contributed by atoms with Gasteiger partial charge in [-0.05, 0) is 25.5 Å². The second-order valence-corrected chi connectivity index (χ2v) is 7.13. The van der Waals surface area contributed by atoms with Gasteiger partial charge in [0.15, 0.2) is 10.6 Å². The normalized spacial score (nSPS) is 11.9. The van der Waals surface area contributed by atoms with Gasteiger partial charge in [-0.3, -0.25) is 14.9 Å². The van der Waals surface area contributed by atoms with E-state index in [2.05, 4.69) is 0 Å². The molecule has 0 aliphatic heterocycles. The Morgan fingerprint density at radius 2 is 1.82 bits per heavy atom. The molecular weight excluding hydrogens is 298 g/mol. The number of nitro groups is 1. The molecule has 4 nitrogen and oxygen atoms in total. The zero-order chi connectivity index (χ0) is 16.1. The predicted octanol–water partition coefficient (Wildman–Crippen LogP) is 3.40. The molecule has 0 bridgehead atoms. The third kappa shape index (κ3) is 4.18. The lowest BCUT2D eigenvalue weighted by atomic mass is 10.2. The third-order valence-corrected chi connectivity index (χ3v) is 5.51. The van der Waals surface area contributed by atoms with Crippen LogP contribution in [0.4, 0.5) is 0 Å². The Labute approximate surface area is 132 Å². The van der Waals surface area contributed by atoms with Gasteiger partial charge in [0, 0.05) is 11.1 Å². The van der Waals surface area contributed by atoms with Gasteiger partial charge in [-0.1, -0.05) is 42.5 Å². The van der Waals surface area contributed by atoms with Crippen LogP contribution in [0.15, 0.2) is 53.4 Å². The number of hydrogen-bond acceptors (Lipinski definition) is 3. The van der Waals surface area contributed by atoms with E-state index < -0.39 is 10.9 Å². The molecule has 114 valence electrons. The molecular formula is C17H18NO3S+. The van der Waals surface area contributed by atoms with Gasteiger partial charge in [-0.2, -0.15) is 0 Å². The van der Waals surface area contributed by atoms with Crippen LogP contribution >= 0.6 is 0 Å². The fourth-order valence-corrected chi connectivity index (χ4v) is 4.20. The minimum absolute atomic E-state index is 0.0494. The molecule has 2 aromatic carbocycles. The summed E-state index contributed by atoms with van der Waals surface area (Å²) in [5, 5.41) is 11.0. The van der Waals surface area contributed by atoms with Crippen LogP contribution in [0.1, 0.15) is 21.5 Å². The fourth-order valence-electron chi connectivity index (χ4n) is 2.20. The first kappa shape index (κ1) is 16.2. The highest BCUT2D eigenvalue weighted by Gasteiger charge is 2.33. The predicted molar refractivity (Wildman–Crippen MR) is 89.0 cm³/mol. The summed E-state index contributed by atoms with van der Waals surface area (Å²) < 4.78 is 0. The van der Waals surface area contributed by atoms with Gasteiger partial charge in [-0.15, -0.1) is 0 Å². The molecule has 0 aliphatic carbocycles. The Bertz CT molecular complexity index is 686. The molecule has 0 fully saturated rings. The molecule has 0 spiro atoms. The van der Waals surface area contributed by atoms with Gasteiger partial charge >= 0.3 is 5.88 Å². The van der Waals surface area contributed by atoms with Crippen molar-refractivity contribution in [2.24, 2.45) is 0 Å². The molecule has 2 aromatic rings. The van der Waals surface area contributed by atoms with Crippen LogP contribution in [0.5, 0.6) is 0 Å². The maximum Gasteiger partial charge on any atom is 0.356 e. The zero-order valence-corrected chi connectivity index (χ0v) is 13.4. The highest BCUT2D eigenvalue weighted by atomic mass is 32.2. The number of ketones is 1. The highest BCUT2D eigenvalue weighted by molar-refractivity contribution is 7.97. The molecule has 0 amide bonds. The van der Waals surface area contributed by atoms with E-state index in [9.17, 15) is 14.9 Å². The van der Waals surface area contributed by atoms with Crippen molar-refractivity contribution < 1.29 is 9.72 Å². The summed E-state index contributed by atoms with van der Waals surface area (Å²) in [5.74, 6) is -0.0790. The number of rotatable bonds is 6. The average Bonchev–Trinajstić information content (AvgIpc) is 2.49. The second-order valence-electron chi connectivity index (χ2n) is 5.16. The summed E-state index contributed by atoms with van der Waals surface area (Å²) in [6.45, 7) is 3.89. The number of aryl methyl sites for hydroxylation is 2. The molecule has 0 N–H and O–H groups in total. The van der Waals surface area contributed by atoms with E-state index >= 15 is 0 Å². The van der Waals surface area contributed by atoms with Gasteiger partial charge in [0.25, 0.3) is 0 Å². The van der Waals surface area contributed by atoms with Crippen molar-refractivity contribution in [1.82, 2.24) is 0 Å². The summed E-state index contributed by atoms with van der Waals surface area (Å²) in [5.41, 5.74) is 2.65. The summed E-state index contributed by atoms with van der Waals surface area (Å²) in [6.07, 6.45) is 0. The molecule has 0 saturated heterocycles. The van der Waals surface area contributed by atoms with Crippen molar-refractivity contribution >= 4 is 16.7 Å². The number of carbonyl (C=O) groups is 1. The Balaban J connectivity index is 2.28. The second kappa shape index (κ2) is 7.22. The van der Waals surface area contributed by atoms with E-state index in [0.29, 0.717) is 5.56 Å². The van der Waals surface area contributed by atoms with Gasteiger partial charge in [-0.25, -0.2) is 0 Å². The lowest BCUT2D eigenvalue weighted by Crippen LogP contribution is -2.24. The maximum absolute atomic E-state index is 12.4. The number of hydrogen-bond donors (Lipinski definition) is 0. The van der Waals surface area contributed by atoms with Gasteiger partial charge < -0.3 is 0 Å². The minimum atomic E-state index is -0.719. The van der Waals surface area contributed by atoms with Crippen LogP contribution < -0.4 is 0 Å². The summed E-state index contributed by atoms with van der Waals surface area (Å²) in [4.78, 5) is 24.0. The Morgan fingerprint density at radius 3 is 2.45 bits per heavy atom. The molecule has 0 aromatic heterocycles. The lowest BCUT2D eigenvalue weighted by molar-refractivity contribution is -0.457. The lowest BCUT2D eigenvalue weighted by Gasteiger charge is -2.08. The molecule has 0 heterocycles. The van der Waals surface area contributed by atoms with Gasteiger partial charge in [0.05, 0.1) is 4.92 Å². The number of Topliss-reactive ketones (excluding diaryl/α,β-unsaturated/α-hetero) is 1. The standard InChI is InChI=1S/C17H18NO3S/c1-13-8-9-14(2)17(10-13)22(12-18(20)21)11-16(19)15-6-4-3-5-7-15/h3-10H,11-12H2,1-2H3/q+1. The van der Waals surface area contributed by atoms with E-state index in [1.54, 1.807) is 24.3 Å². The van der Waals surface area contributed by atoms with E-state index in [-0.39, 0.29) is 22.3 Å². The van der Waals surface area contributed by atoms with Crippen LogP contribution in [-0.2, 0) is 10.9 Å². The molecule has 0 radical (unpaired) electrons. The SMILES string of the molecule is Cc1ccc(C)c([S+](CC(=O)c2ccccc2)C[N+](=O)[O-])c1. The Kier molecular flexibility index (Phi) is 5.33. The topological polar surface area (TPSA) is 60.2 Å². The van der Waals surface area contributed by atoms with E-state index in [1.165, 1.54) is 0 Å². The van der Waals surface area contributed by atoms with Gasteiger partial charge in [0.1, 0.15) is 10.9 Å². The third-order valence-electron chi connectivity index (χ3n) is 3.32. The molecule has 0 saturated carbocycles. The minimum Gasteiger partial charge on any atom is -0.289 e. The molecule has 22 heavy (non-hydrogen) atoms. The first-order valence-electron chi connectivity index (χ1n) is 6.92. The van der Waals surface area contributed by atoms with Gasteiger partial charge in [0.2, 0.25) is 5.78 Å². The fraction of sp³-hybridized carbons (Fsp3) is 0.235. The number of nitrogens with zero attached hydrogens (tertiary/aromatic N) is 1. The average molecular weight is 316 g/mol. The van der Waals surface area contributed by atoms with Crippen LogP contribution in [-0.4, -0.2) is 22.3 Å². The highest BCUT2D eigenvalue weighted by Crippen LogP contribution is 2.22. The Hall–Kier alpha value is -2.14. The van der Waals surface area contributed by atoms with Crippen molar-refractivity contribution in [3.63, 3.8) is 0 Å². The van der Waals surface area contributed by atoms with Crippen molar-refractivity contribution in [3.8, 4) is 0 Å². The first-order valence-corrected chi connectivity index (χ1v) is 8.48. The molecule has 1 atom stereocenters. The monoisotopic (exact) mass is 316 g/mol. The summed E-state index contributed by atoms with van der Waals surface area (Å²) >= 11 is 0. The van der Waals surface area contributed by atoms with Crippen LogP contribution in [0.2, 0.25) is 0 Å². The largest absolute Gasteiger partial charge is 0.356 e. The summed E-state index contributed by atoms with van der Waals surface area (Å²) in [7, 11) is -0.719. The molecule has 1 unspecified atom stereocenters. The van der Waals surface area contributed by atoms with E-state index in [0.717, 1.165) is 16.0 Å². The molecule has 2 rings (SSSR count). The molecule has 0 aliphatic rings. The first-order chi connectivity index (χ1) is 10.5. The smallest absolute Gasteiger partial charge is 0.289 e. The summed E-state index contributed by atoms with van der Waals surface area (Å²) in [6, 6.07) is 14.8. The maximum atomic E-state index is 12.4.